The van der Waals surface area contributed by atoms with Crippen molar-refractivity contribution in [3.05, 3.63) is 77.4 Å². The van der Waals surface area contributed by atoms with E-state index >= 15 is 0 Å². The number of likely N-dealkylation sites (N-methyl/N-ethyl adjacent to an activating group) is 1. The number of aryl methyl sites for hydroxylation is 1. The van der Waals surface area contributed by atoms with Crippen LogP contribution in [0.15, 0.2) is 54.7 Å². The third-order valence-electron chi connectivity index (χ3n) is 4.57. The van der Waals surface area contributed by atoms with Gasteiger partial charge in [0, 0.05) is 12.7 Å². The Balaban J connectivity index is 1.73. The molecule has 7 heteroatoms. The fourth-order valence-corrected chi connectivity index (χ4v) is 3.03. The zero-order valence-electron chi connectivity index (χ0n) is 16.6. The number of carbonyl (C=O) groups excluding carboxylic acids is 2. The Morgan fingerprint density at radius 1 is 1.10 bits per heavy atom. The van der Waals surface area contributed by atoms with Crippen LogP contribution >= 0.6 is 0 Å². The molecule has 3 rings (SSSR count). The largest absolute Gasteiger partial charge is 0.332 e. The van der Waals surface area contributed by atoms with Crippen LogP contribution in [0, 0.1) is 12.7 Å². The highest BCUT2D eigenvalue weighted by Crippen LogP contribution is 2.18. The monoisotopic (exact) mass is 394 g/mol. The summed E-state index contributed by atoms with van der Waals surface area (Å²) in [6.07, 6.45) is 2.04. The van der Waals surface area contributed by atoms with Crippen molar-refractivity contribution >= 4 is 17.5 Å². The highest BCUT2D eigenvalue weighted by molar-refractivity contribution is 5.99. The van der Waals surface area contributed by atoms with Crippen molar-refractivity contribution < 1.29 is 14.0 Å². The minimum absolute atomic E-state index is 0.0857. The number of hydrogen-bond acceptors (Lipinski definition) is 3. The van der Waals surface area contributed by atoms with Gasteiger partial charge in [-0.1, -0.05) is 24.6 Å². The molecule has 1 heterocycles. The van der Waals surface area contributed by atoms with Crippen LogP contribution in [0.3, 0.4) is 0 Å². The Morgan fingerprint density at radius 2 is 1.76 bits per heavy atom. The van der Waals surface area contributed by atoms with Gasteiger partial charge in [0.2, 0.25) is 5.91 Å². The van der Waals surface area contributed by atoms with Gasteiger partial charge in [0.25, 0.3) is 5.91 Å². The molecule has 1 aromatic heterocycles. The fourth-order valence-electron chi connectivity index (χ4n) is 3.03. The smallest absolute Gasteiger partial charge is 0.257 e. The number of aromatic nitrogens is 2. The van der Waals surface area contributed by atoms with Gasteiger partial charge in [-0.3, -0.25) is 9.59 Å². The number of nitrogens with one attached hydrogen (secondary N) is 1. The normalized spacial score (nSPS) is 10.6. The molecule has 2 aromatic carbocycles. The quantitative estimate of drug-likeness (QED) is 0.695. The molecule has 0 aliphatic carbocycles. The van der Waals surface area contributed by atoms with Gasteiger partial charge in [0.1, 0.15) is 5.82 Å². The van der Waals surface area contributed by atoms with Gasteiger partial charge < -0.3 is 10.2 Å². The van der Waals surface area contributed by atoms with E-state index in [-0.39, 0.29) is 24.2 Å². The van der Waals surface area contributed by atoms with E-state index in [4.69, 9.17) is 0 Å². The van der Waals surface area contributed by atoms with Crippen LogP contribution in [-0.4, -0.2) is 40.1 Å². The summed E-state index contributed by atoms with van der Waals surface area (Å²) in [5.74, 6) is -0.919. The summed E-state index contributed by atoms with van der Waals surface area (Å²) in [5, 5.41) is 7.07. The minimum atomic E-state index is -0.338. The van der Waals surface area contributed by atoms with Gasteiger partial charge in [-0.15, -0.1) is 0 Å². The van der Waals surface area contributed by atoms with Crippen molar-refractivity contribution in [2.75, 3.05) is 18.9 Å². The third kappa shape index (κ3) is 4.68. The van der Waals surface area contributed by atoms with Crippen LogP contribution in [0.25, 0.3) is 5.69 Å². The van der Waals surface area contributed by atoms with Gasteiger partial charge >= 0.3 is 0 Å². The van der Waals surface area contributed by atoms with Crippen LogP contribution in [-0.2, 0) is 11.2 Å². The van der Waals surface area contributed by atoms with E-state index < -0.39 is 0 Å². The number of carbonyl (C=O) groups is 2. The molecule has 2 amide bonds. The summed E-state index contributed by atoms with van der Waals surface area (Å²) in [6, 6.07) is 13.3. The van der Waals surface area contributed by atoms with Gasteiger partial charge in [0.15, 0.2) is 0 Å². The van der Waals surface area contributed by atoms with E-state index in [2.05, 4.69) is 10.4 Å². The first-order valence-corrected chi connectivity index (χ1v) is 9.34. The van der Waals surface area contributed by atoms with E-state index in [0.717, 1.165) is 5.56 Å². The van der Waals surface area contributed by atoms with Crippen LogP contribution in [0.5, 0.6) is 0 Å². The first-order chi connectivity index (χ1) is 13.9. The molecule has 0 saturated carbocycles. The Bertz CT molecular complexity index is 1010. The lowest BCUT2D eigenvalue weighted by molar-refractivity contribution is -0.116. The third-order valence-corrected chi connectivity index (χ3v) is 4.57. The summed E-state index contributed by atoms with van der Waals surface area (Å²) >= 11 is 0. The van der Waals surface area contributed by atoms with Gasteiger partial charge in [-0.25, -0.2) is 9.07 Å². The predicted molar refractivity (Wildman–Crippen MR) is 110 cm³/mol. The van der Waals surface area contributed by atoms with Crippen molar-refractivity contribution in [1.82, 2.24) is 14.7 Å². The molecular weight excluding hydrogens is 371 g/mol. The molecule has 0 fully saturated rings. The first kappa shape index (κ1) is 20.3. The van der Waals surface area contributed by atoms with Crippen LogP contribution < -0.4 is 5.32 Å². The highest BCUT2D eigenvalue weighted by atomic mass is 19.1. The molecule has 29 heavy (non-hydrogen) atoms. The number of nitrogens with zero attached hydrogens (tertiary/aromatic N) is 3. The summed E-state index contributed by atoms with van der Waals surface area (Å²) < 4.78 is 14.8. The number of anilines is 1. The molecule has 0 unspecified atom stereocenters. The lowest BCUT2D eigenvalue weighted by Gasteiger charge is -2.17. The second-order valence-electron chi connectivity index (χ2n) is 6.82. The molecule has 0 bridgehead atoms. The molecule has 1 N–H and O–H groups in total. The molecular formula is C22H23FN4O2. The van der Waals surface area contributed by atoms with Crippen molar-refractivity contribution in [2.45, 2.75) is 20.3 Å². The number of benzene rings is 2. The maximum Gasteiger partial charge on any atom is 0.257 e. The van der Waals surface area contributed by atoms with Crippen molar-refractivity contribution in [1.29, 1.82) is 0 Å². The second kappa shape index (κ2) is 8.68. The minimum Gasteiger partial charge on any atom is -0.332 e. The van der Waals surface area contributed by atoms with Gasteiger partial charge in [-0.05, 0) is 49.7 Å². The SMILES string of the molecule is CCc1c(C(=O)N(C)CC(=O)Nc2ccc(C)cc2)cnn1-c1ccc(F)cc1. The van der Waals surface area contributed by atoms with Crippen molar-refractivity contribution in [2.24, 2.45) is 0 Å². The summed E-state index contributed by atoms with van der Waals surface area (Å²) in [6.45, 7) is 3.80. The Labute approximate surface area is 169 Å². The van der Waals surface area contributed by atoms with E-state index in [1.165, 1.54) is 23.2 Å². The lowest BCUT2D eigenvalue weighted by Crippen LogP contribution is -2.35. The Kier molecular flexibility index (Phi) is 6.07. The number of rotatable bonds is 6. The standard InChI is InChI=1S/C22H23FN4O2/c1-4-20-19(13-24-27(20)18-11-7-16(23)8-12-18)22(29)26(3)14-21(28)25-17-9-5-15(2)6-10-17/h5-13H,4,14H2,1-3H3,(H,25,28). The first-order valence-electron chi connectivity index (χ1n) is 9.34. The van der Waals surface area contributed by atoms with Crippen molar-refractivity contribution in [3.63, 3.8) is 0 Å². The number of amides is 2. The molecule has 0 aliphatic heterocycles. The zero-order valence-corrected chi connectivity index (χ0v) is 16.6. The van der Waals surface area contributed by atoms with E-state index in [1.807, 2.05) is 38.1 Å². The molecule has 6 nitrogen and oxygen atoms in total. The number of hydrogen-bond donors (Lipinski definition) is 1. The molecule has 0 spiro atoms. The predicted octanol–water partition coefficient (Wildman–Crippen LogP) is 3.59. The van der Waals surface area contributed by atoms with Gasteiger partial charge in [0.05, 0.1) is 29.7 Å². The summed E-state index contributed by atoms with van der Waals surface area (Å²) in [5.41, 5.74) is 3.57. The molecule has 0 saturated heterocycles. The Morgan fingerprint density at radius 3 is 2.38 bits per heavy atom. The van der Waals surface area contributed by atoms with Gasteiger partial charge in [-0.2, -0.15) is 5.10 Å². The average molecular weight is 394 g/mol. The molecule has 0 radical (unpaired) electrons. The molecule has 0 aliphatic rings. The molecule has 0 atom stereocenters. The van der Waals surface area contributed by atoms with Crippen LogP contribution in [0.4, 0.5) is 10.1 Å². The van der Waals surface area contributed by atoms with Crippen LogP contribution in [0.2, 0.25) is 0 Å². The Hall–Kier alpha value is -3.48. The van der Waals surface area contributed by atoms with E-state index in [9.17, 15) is 14.0 Å². The topological polar surface area (TPSA) is 67.2 Å². The lowest BCUT2D eigenvalue weighted by atomic mass is 10.1. The van der Waals surface area contributed by atoms with E-state index in [1.54, 1.807) is 23.9 Å². The molecule has 150 valence electrons. The van der Waals surface area contributed by atoms with Crippen molar-refractivity contribution in [3.8, 4) is 5.69 Å². The summed E-state index contributed by atoms with van der Waals surface area (Å²) in [7, 11) is 1.58. The summed E-state index contributed by atoms with van der Waals surface area (Å²) in [4.78, 5) is 26.5. The second-order valence-corrected chi connectivity index (χ2v) is 6.82. The molecule has 3 aromatic rings. The maximum absolute atomic E-state index is 13.2. The number of halogens is 1. The van der Waals surface area contributed by atoms with Crippen LogP contribution in [0.1, 0.15) is 28.5 Å². The highest BCUT2D eigenvalue weighted by Gasteiger charge is 2.22. The average Bonchev–Trinajstić information content (AvgIpc) is 3.13. The fraction of sp³-hybridized carbons (Fsp3) is 0.227. The van der Waals surface area contributed by atoms with E-state index in [0.29, 0.717) is 29.1 Å². The maximum atomic E-state index is 13.2. The zero-order chi connectivity index (χ0) is 21.0.